The van der Waals surface area contributed by atoms with E-state index in [0.29, 0.717) is 30.1 Å². The van der Waals surface area contributed by atoms with Gasteiger partial charge >= 0.3 is 0 Å². The molecule has 0 aliphatic rings. The van der Waals surface area contributed by atoms with E-state index in [9.17, 15) is 15.3 Å². The Labute approximate surface area is 273 Å². The molecule has 3 aromatic carbocycles. The predicted molar refractivity (Wildman–Crippen MR) is 174 cm³/mol. The molecule has 38 heavy (non-hydrogen) atoms. The quantitative estimate of drug-likeness (QED) is 0.0981. The fraction of sp³-hybridized carbons (Fsp3) is 0. The summed E-state index contributed by atoms with van der Waals surface area (Å²) in [6.45, 7) is 0. The molecule has 0 amide bonds. The Kier molecular flexibility index (Phi) is 13.2. The first-order valence-electron chi connectivity index (χ1n) is 9.78. The van der Waals surface area contributed by atoms with Crippen LogP contribution in [0.25, 0.3) is 0 Å². The molecule has 0 aliphatic carbocycles. The maximum absolute atomic E-state index is 10.2. The zero-order valence-electron chi connectivity index (χ0n) is 18.5. The number of hydrogen-bond donors (Lipinski definition) is 5. The molecule has 0 aliphatic heterocycles. The van der Waals surface area contributed by atoms with E-state index in [4.69, 9.17) is 0 Å². The lowest BCUT2D eigenvalue weighted by Gasteiger charge is -2.06. The summed E-state index contributed by atoms with van der Waals surface area (Å²) in [7, 11) is 0. The maximum Gasteiger partial charge on any atom is 0.257 e. The van der Waals surface area contributed by atoms with E-state index in [2.05, 4.69) is 127 Å². The van der Waals surface area contributed by atoms with Gasteiger partial charge in [-0.3, -0.25) is 0 Å². The average Bonchev–Trinajstić information content (AvgIpc) is 2.82. The molecule has 0 unspecified atom stereocenters. The summed E-state index contributed by atoms with van der Waals surface area (Å²) >= 11 is 19.9. The third-order valence-corrected chi connectivity index (χ3v) is 7.46. The van der Waals surface area contributed by atoms with Gasteiger partial charge in [-0.15, -0.1) is 17.5 Å². The molecule has 9 nitrogen and oxygen atoms in total. The van der Waals surface area contributed by atoms with Crippen molar-refractivity contribution in [1.29, 1.82) is 0 Å². The molecule has 0 saturated carbocycles. The van der Waals surface area contributed by atoms with E-state index < -0.39 is 0 Å². The molecule has 3 rings (SSSR count). The van der Waals surface area contributed by atoms with Gasteiger partial charge in [0.15, 0.2) is 0 Å². The fourth-order valence-electron chi connectivity index (χ4n) is 2.60. The number of rotatable bonds is 6. The van der Waals surface area contributed by atoms with Gasteiger partial charge in [-0.05, 0) is 84.2 Å². The van der Waals surface area contributed by atoms with Crippen molar-refractivity contribution in [2.24, 2.45) is 20.4 Å². The van der Waals surface area contributed by atoms with E-state index in [0.717, 1.165) is 13.4 Å². The van der Waals surface area contributed by atoms with Crippen molar-refractivity contribution in [3.63, 3.8) is 0 Å². The highest BCUT2D eigenvalue weighted by Gasteiger charge is 2.08. The summed E-state index contributed by atoms with van der Waals surface area (Å²) in [4.78, 5) is 0. The standard InChI is InChI=1S/C22H14Br6N6O3.ClH/c23-13-1-10(19(35)16(26)4-13)7-29-32-22(33-30-8-11-2-14(24)5-17(27)20(11)36)34-31-9-12-3-15(25)6-18(28)21(12)37;/h1-9,35-37H,(H2,32,33,34);1H. The summed E-state index contributed by atoms with van der Waals surface area (Å²) in [6, 6.07) is 10.1. The van der Waals surface area contributed by atoms with Gasteiger partial charge in [0.05, 0.1) is 32.1 Å². The van der Waals surface area contributed by atoms with Crippen LogP contribution in [0, 0.1) is 0 Å². The van der Waals surface area contributed by atoms with Crippen molar-refractivity contribution in [2.45, 2.75) is 0 Å². The lowest BCUT2D eigenvalue weighted by Crippen LogP contribution is -2.30. The highest BCUT2D eigenvalue weighted by Crippen LogP contribution is 2.32. The predicted octanol–water partition coefficient (Wildman–Crippen LogP) is 7.74. The van der Waals surface area contributed by atoms with Crippen molar-refractivity contribution >= 4 is 133 Å². The van der Waals surface area contributed by atoms with Crippen LogP contribution in [0.1, 0.15) is 16.7 Å². The lowest BCUT2D eigenvalue weighted by molar-refractivity contribution is 0.470. The molecule has 0 fully saturated rings. The lowest BCUT2D eigenvalue weighted by atomic mass is 10.2. The Morgan fingerprint density at radius 3 is 1.29 bits per heavy atom. The minimum atomic E-state index is -0.00734. The Balaban J connectivity index is 0.00000507. The topological polar surface area (TPSA) is 134 Å². The number of hydrazone groups is 2. The average molecular weight is 926 g/mol. The number of nitrogens with zero attached hydrogens (tertiary/aromatic N) is 4. The third-order valence-electron chi connectivity index (χ3n) is 4.28. The van der Waals surface area contributed by atoms with Crippen LogP contribution in [0.2, 0.25) is 0 Å². The SMILES string of the molecule is Cl.Oc1c(Br)cc(Br)cc1C=NN=C(NN=Cc1cc(Br)cc(Br)c1O)NN=Cc1cc(Br)cc(Br)c1O. The molecule has 0 spiro atoms. The van der Waals surface area contributed by atoms with Gasteiger partial charge in [0, 0.05) is 30.1 Å². The molecule has 0 aromatic heterocycles. The first-order chi connectivity index (χ1) is 17.5. The molecular formula is C22H15Br6ClN6O3. The van der Waals surface area contributed by atoms with Crippen LogP contribution in [-0.2, 0) is 0 Å². The van der Waals surface area contributed by atoms with E-state index in [1.165, 1.54) is 18.6 Å². The van der Waals surface area contributed by atoms with Crippen molar-refractivity contribution in [3.8, 4) is 17.2 Å². The molecule has 0 bridgehead atoms. The highest BCUT2D eigenvalue weighted by molar-refractivity contribution is 9.11. The van der Waals surface area contributed by atoms with Gasteiger partial charge in [0.2, 0.25) is 0 Å². The molecular weight excluding hydrogens is 911 g/mol. The summed E-state index contributed by atoms with van der Waals surface area (Å²) < 4.78 is 3.67. The van der Waals surface area contributed by atoms with E-state index in [1.54, 1.807) is 36.4 Å². The van der Waals surface area contributed by atoms with Gasteiger partial charge in [-0.25, -0.2) is 10.9 Å². The number of halogens is 7. The molecule has 0 saturated heterocycles. The van der Waals surface area contributed by atoms with Crippen LogP contribution >= 0.6 is 108 Å². The molecule has 3 aromatic rings. The van der Waals surface area contributed by atoms with Crippen molar-refractivity contribution in [1.82, 2.24) is 10.9 Å². The van der Waals surface area contributed by atoms with Gasteiger partial charge in [0.1, 0.15) is 17.2 Å². The molecule has 0 heterocycles. The number of hydrogen-bond acceptors (Lipinski definition) is 7. The molecule has 0 atom stereocenters. The van der Waals surface area contributed by atoms with Crippen molar-refractivity contribution in [3.05, 3.63) is 79.9 Å². The molecule has 200 valence electrons. The summed E-state index contributed by atoms with van der Waals surface area (Å²) in [6.07, 6.45) is 4.10. The number of benzene rings is 3. The largest absolute Gasteiger partial charge is 0.506 e. The van der Waals surface area contributed by atoms with Crippen LogP contribution < -0.4 is 10.9 Å². The molecule has 0 radical (unpaired) electrons. The second-order valence-corrected chi connectivity index (χ2v) is 12.2. The van der Waals surface area contributed by atoms with E-state index in [-0.39, 0.29) is 35.6 Å². The summed E-state index contributed by atoms with van der Waals surface area (Å²) in [5.41, 5.74) is 6.57. The van der Waals surface area contributed by atoms with Gasteiger partial charge in [-0.1, -0.05) is 47.8 Å². The Morgan fingerprint density at radius 1 is 0.579 bits per heavy atom. The minimum absolute atomic E-state index is 0. The van der Waals surface area contributed by atoms with Crippen LogP contribution in [0.15, 0.2) is 83.6 Å². The normalized spacial score (nSPS) is 11.2. The van der Waals surface area contributed by atoms with E-state index in [1.807, 2.05) is 0 Å². The highest BCUT2D eigenvalue weighted by atomic mass is 79.9. The van der Waals surface area contributed by atoms with Gasteiger partial charge in [-0.2, -0.15) is 15.3 Å². The number of phenolic OH excluding ortho intramolecular Hbond substituents is 3. The maximum atomic E-state index is 10.2. The summed E-state index contributed by atoms with van der Waals surface area (Å²) in [5.74, 6) is -0.00298. The second kappa shape index (κ2) is 15.3. The van der Waals surface area contributed by atoms with Crippen molar-refractivity contribution < 1.29 is 15.3 Å². The van der Waals surface area contributed by atoms with Crippen LogP contribution in [-0.4, -0.2) is 39.9 Å². The van der Waals surface area contributed by atoms with Gasteiger partial charge < -0.3 is 15.3 Å². The minimum Gasteiger partial charge on any atom is -0.506 e. The molecule has 5 N–H and O–H groups in total. The number of nitrogens with one attached hydrogen (secondary N) is 2. The monoisotopic (exact) mass is 920 g/mol. The van der Waals surface area contributed by atoms with Crippen LogP contribution in [0.5, 0.6) is 17.2 Å². The number of phenols is 3. The first-order valence-corrected chi connectivity index (χ1v) is 14.5. The number of guanidine groups is 1. The fourth-order valence-corrected chi connectivity index (χ4v) is 6.37. The van der Waals surface area contributed by atoms with Crippen LogP contribution in [0.4, 0.5) is 0 Å². The zero-order valence-corrected chi connectivity index (χ0v) is 28.8. The zero-order chi connectivity index (χ0) is 27.1. The third kappa shape index (κ3) is 9.31. The van der Waals surface area contributed by atoms with E-state index >= 15 is 0 Å². The second-order valence-electron chi connectivity index (χ2n) is 6.91. The van der Waals surface area contributed by atoms with Crippen LogP contribution in [0.3, 0.4) is 0 Å². The molecule has 16 heteroatoms. The summed E-state index contributed by atoms with van der Waals surface area (Å²) in [5, 5.41) is 46.8. The number of aromatic hydroxyl groups is 3. The van der Waals surface area contributed by atoms with Crippen molar-refractivity contribution in [2.75, 3.05) is 0 Å². The first kappa shape index (κ1) is 32.7. The Bertz CT molecular complexity index is 1380. The smallest absolute Gasteiger partial charge is 0.257 e. The Morgan fingerprint density at radius 2 is 0.921 bits per heavy atom. The Hall–Kier alpha value is -1.49. The van der Waals surface area contributed by atoms with Gasteiger partial charge in [0.25, 0.3) is 5.96 Å².